The molecule has 194 valence electrons. The Morgan fingerprint density at radius 3 is 2.56 bits per heavy atom. The Bertz CT molecular complexity index is 1140. The van der Waals surface area contributed by atoms with Crippen molar-refractivity contribution in [3.8, 4) is 0 Å². The molecule has 1 amide bonds. The number of carbonyl (C=O) groups excluding carboxylic acids is 3. The fourth-order valence-electron chi connectivity index (χ4n) is 3.55. The molecule has 1 aromatic heterocycles. The Morgan fingerprint density at radius 2 is 1.92 bits per heavy atom. The van der Waals surface area contributed by atoms with Gasteiger partial charge in [-0.1, -0.05) is 30.3 Å². The number of aliphatic hydroxyl groups is 1. The lowest BCUT2D eigenvalue weighted by Gasteiger charge is -2.24. The van der Waals surface area contributed by atoms with Gasteiger partial charge in [-0.05, 0) is 18.6 Å². The molecule has 1 aromatic carbocycles. The van der Waals surface area contributed by atoms with Crippen molar-refractivity contribution < 1.29 is 42.5 Å². The number of aromatic nitrogens is 2. The first-order valence-electron chi connectivity index (χ1n) is 11.1. The number of hydrogen-bond acceptors (Lipinski definition) is 9. The summed E-state index contributed by atoms with van der Waals surface area (Å²) in [6.45, 7) is 0.699. The molecule has 1 aliphatic rings. The number of Topliss-reactive ketones (excluding diaryl/α,β-unsaturated/α-hetero) is 1. The number of ether oxygens (including phenoxy) is 3. The van der Waals surface area contributed by atoms with Gasteiger partial charge in [0.25, 0.3) is 0 Å². The third kappa shape index (κ3) is 6.49. The number of benzene rings is 1. The molecule has 0 aliphatic carbocycles. The summed E-state index contributed by atoms with van der Waals surface area (Å²) in [4.78, 5) is 51.6. The molecule has 1 saturated heterocycles. The maximum absolute atomic E-state index is 15.2. The molecule has 1 fully saturated rings. The number of anilines is 1. The Kier molecular flexibility index (Phi) is 8.83. The summed E-state index contributed by atoms with van der Waals surface area (Å²) >= 11 is 0. The van der Waals surface area contributed by atoms with Crippen LogP contribution in [0.15, 0.2) is 47.4 Å². The monoisotopic (exact) mass is 509 g/mol. The molecule has 2 N–H and O–H groups in total. The van der Waals surface area contributed by atoms with Crippen molar-refractivity contribution >= 4 is 23.7 Å². The number of hydrogen-bond donors (Lipinski definition) is 2. The summed E-state index contributed by atoms with van der Waals surface area (Å²) in [5.41, 5.74) is -0.443. The van der Waals surface area contributed by atoms with E-state index in [0.29, 0.717) is 4.57 Å². The van der Waals surface area contributed by atoms with Gasteiger partial charge in [0.15, 0.2) is 6.10 Å². The first-order chi connectivity index (χ1) is 17.1. The first-order valence-corrected chi connectivity index (χ1v) is 11.1. The normalized spacial score (nSPS) is 20.5. The van der Waals surface area contributed by atoms with Gasteiger partial charge in [0.1, 0.15) is 17.7 Å². The zero-order valence-corrected chi connectivity index (χ0v) is 19.3. The van der Waals surface area contributed by atoms with E-state index in [2.05, 4.69) is 15.0 Å². The van der Waals surface area contributed by atoms with Gasteiger partial charge in [0.2, 0.25) is 6.23 Å². The number of nitrogens with zero attached hydrogens (tertiary/aromatic N) is 2. The third-order valence-corrected chi connectivity index (χ3v) is 5.23. The van der Waals surface area contributed by atoms with E-state index in [1.165, 1.54) is 0 Å². The largest absolute Gasteiger partial charge is 0.453 e. The van der Waals surface area contributed by atoms with Crippen molar-refractivity contribution in [3.05, 3.63) is 58.6 Å². The summed E-state index contributed by atoms with van der Waals surface area (Å²) in [6, 6.07) is 9.87. The van der Waals surface area contributed by atoms with Gasteiger partial charge < -0.3 is 19.3 Å². The smallest absolute Gasteiger partial charge is 0.412 e. The highest BCUT2D eigenvalue weighted by Crippen LogP contribution is 2.44. The van der Waals surface area contributed by atoms with Crippen molar-refractivity contribution in [1.29, 1.82) is 0 Å². The molecule has 11 nitrogen and oxygen atoms in total. The quantitative estimate of drug-likeness (QED) is 0.458. The van der Waals surface area contributed by atoms with E-state index in [1.54, 1.807) is 37.3 Å². The van der Waals surface area contributed by atoms with Crippen LogP contribution in [-0.4, -0.2) is 63.8 Å². The number of halogens is 2. The highest BCUT2D eigenvalue weighted by atomic mass is 19.3. The van der Waals surface area contributed by atoms with Gasteiger partial charge in [-0.2, -0.15) is 13.8 Å². The van der Waals surface area contributed by atoms with Crippen LogP contribution in [0.2, 0.25) is 0 Å². The Labute approximate surface area is 204 Å². The number of amides is 1. The number of esters is 1. The van der Waals surface area contributed by atoms with E-state index < -0.39 is 55.1 Å². The van der Waals surface area contributed by atoms with E-state index in [9.17, 15) is 24.3 Å². The Morgan fingerprint density at radius 1 is 1.19 bits per heavy atom. The lowest BCUT2D eigenvalue weighted by Crippen LogP contribution is -2.44. The zero-order valence-electron chi connectivity index (χ0n) is 19.3. The lowest BCUT2D eigenvalue weighted by atomic mass is 10.1. The topological polar surface area (TPSA) is 146 Å². The molecule has 1 aliphatic heterocycles. The van der Waals surface area contributed by atoms with Gasteiger partial charge in [0, 0.05) is 19.0 Å². The SMILES string of the molecule is CCOC(=O)Nc1ccn([C@@H]2O[C@H](CO)[C@@H](OC(=O)CCC(=O)Cc3ccccc3)C2(F)F)c(=O)n1. The second kappa shape index (κ2) is 11.8. The second-order valence-electron chi connectivity index (χ2n) is 7.84. The van der Waals surface area contributed by atoms with Crippen LogP contribution in [0.3, 0.4) is 0 Å². The fourth-order valence-corrected chi connectivity index (χ4v) is 3.55. The van der Waals surface area contributed by atoms with Crippen LogP contribution < -0.4 is 11.0 Å². The van der Waals surface area contributed by atoms with Crippen LogP contribution in [0.25, 0.3) is 0 Å². The van der Waals surface area contributed by atoms with E-state index in [0.717, 1.165) is 17.8 Å². The Hall–Kier alpha value is -3.71. The van der Waals surface area contributed by atoms with E-state index in [-0.39, 0.29) is 31.0 Å². The Balaban J connectivity index is 1.65. The van der Waals surface area contributed by atoms with E-state index in [1.807, 2.05) is 0 Å². The highest BCUT2D eigenvalue weighted by Gasteiger charge is 2.62. The molecule has 3 rings (SSSR count). The lowest BCUT2D eigenvalue weighted by molar-refractivity contribution is -0.176. The molecule has 3 atom stereocenters. The van der Waals surface area contributed by atoms with Crippen molar-refractivity contribution in [2.45, 2.75) is 50.5 Å². The molecule has 0 bridgehead atoms. The fraction of sp³-hybridized carbons (Fsp3) is 0.435. The molecule has 2 heterocycles. The molecule has 2 aromatic rings. The summed E-state index contributed by atoms with van der Waals surface area (Å²) < 4.78 is 45.5. The average molecular weight is 509 g/mol. The predicted molar refractivity (Wildman–Crippen MR) is 119 cm³/mol. The number of rotatable bonds is 10. The minimum atomic E-state index is -3.93. The standard InChI is InChI=1S/C23H25F2N3O8/c1-2-34-22(33)27-17-10-11-28(21(32)26-17)20-23(24,25)19(16(13-29)35-20)36-18(31)9-8-15(30)12-14-6-4-3-5-7-14/h3-7,10-11,16,19-20,29H,2,8-9,12-13H2,1H3,(H,26,27,32,33)/t16-,19-,20-/m1/s1. The zero-order chi connectivity index (χ0) is 26.3. The molecule has 13 heteroatoms. The van der Waals surface area contributed by atoms with Crippen molar-refractivity contribution in [2.24, 2.45) is 0 Å². The van der Waals surface area contributed by atoms with Gasteiger partial charge in [-0.15, -0.1) is 0 Å². The molecule has 0 saturated carbocycles. The first kappa shape index (κ1) is 26.9. The minimum absolute atomic E-state index is 0.0644. The summed E-state index contributed by atoms with van der Waals surface area (Å²) in [7, 11) is 0. The minimum Gasteiger partial charge on any atom is -0.453 e. The average Bonchev–Trinajstić information content (AvgIpc) is 3.08. The van der Waals surface area contributed by atoms with E-state index >= 15 is 8.78 Å². The number of alkyl halides is 2. The van der Waals surface area contributed by atoms with Crippen LogP contribution in [0.1, 0.15) is 31.6 Å². The third-order valence-electron chi connectivity index (χ3n) is 5.23. The number of ketones is 1. The highest BCUT2D eigenvalue weighted by molar-refractivity contribution is 5.84. The van der Waals surface area contributed by atoms with E-state index in [4.69, 9.17) is 9.47 Å². The predicted octanol–water partition coefficient (Wildman–Crippen LogP) is 1.84. The van der Waals surface area contributed by atoms with Gasteiger partial charge in [0.05, 0.1) is 19.6 Å². The maximum Gasteiger partial charge on any atom is 0.412 e. The molecule has 36 heavy (non-hydrogen) atoms. The molecule has 0 unspecified atom stereocenters. The van der Waals surface area contributed by atoms with Crippen LogP contribution in [0, 0.1) is 0 Å². The molecule has 0 spiro atoms. The molecular formula is C23H25F2N3O8. The van der Waals surface area contributed by atoms with Crippen molar-refractivity contribution in [2.75, 3.05) is 18.5 Å². The summed E-state index contributed by atoms with van der Waals surface area (Å²) in [5, 5.41) is 11.7. The van der Waals surface area contributed by atoms with Crippen molar-refractivity contribution in [3.63, 3.8) is 0 Å². The molecule has 0 radical (unpaired) electrons. The number of carbonyl (C=O) groups is 3. The molecular weight excluding hydrogens is 484 g/mol. The van der Waals surface area contributed by atoms with Gasteiger partial charge in [-0.25, -0.2) is 9.59 Å². The van der Waals surface area contributed by atoms with Crippen LogP contribution >= 0.6 is 0 Å². The van der Waals surface area contributed by atoms with Crippen molar-refractivity contribution in [1.82, 2.24) is 9.55 Å². The van der Waals surface area contributed by atoms with Crippen LogP contribution in [0.4, 0.5) is 19.4 Å². The summed E-state index contributed by atoms with van der Waals surface area (Å²) in [6.07, 6.45) is -6.67. The maximum atomic E-state index is 15.2. The number of aliphatic hydroxyl groups excluding tert-OH is 1. The van der Waals surface area contributed by atoms with Gasteiger partial charge >= 0.3 is 23.7 Å². The van der Waals surface area contributed by atoms with Crippen LogP contribution in [0.5, 0.6) is 0 Å². The van der Waals surface area contributed by atoms with Gasteiger partial charge in [-0.3, -0.25) is 19.5 Å². The second-order valence-corrected chi connectivity index (χ2v) is 7.84. The summed E-state index contributed by atoms with van der Waals surface area (Å²) in [5.74, 6) is -5.53. The van der Waals surface area contributed by atoms with Crippen LogP contribution in [-0.2, 0) is 30.2 Å². The number of nitrogens with one attached hydrogen (secondary N) is 1.